The lowest BCUT2D eigenvalue weighted by Gasteiger charge is -2.38. The summed E-state index contributed by atoms with van der Waals surface area (Å²) in [6, 6.07) is 6.17. The second kappa shape index (κ2) is 10.2. The van der Waals surface area contributed by atoms with Gasteiger partial charge in [0.15, 0.2) is 0 Å². The molecule has 1 aliphatic rings. The maximum Gasteiger partial charge on any atom is 0.309 e. The Morgan fingerprint density at radius 3 is 2.35 bits per heavy atom. The van der Waals surface area contributed by atoms with Crippen LogP contribution in [0.2, 0.25) is 0 Å². The van der Waals surface area contributed by atoms with Crippen molar-refractivity contribution in [2.75, 3.05) is 60.0 Å². The van der Waals surface area contributed by atoms with E-state index in [4.69, 9.17) is 4.74 Å². The summed E-state index contributed by atoms with van der Waals surface area (Å²) in [5.41, 5.74) is 0.913. The Balaban J connectivity index is 1.98. The molecule has 144 valence electrons. The molecule has 1 unspecified atom stereocenters. The number of halogens is 1. The molecule has 0 bridgehead atoms. The van der Waals surface area contributed by atoms with Crippen LogP contribution in [0.25, 0.3) is 0 Å². The Labute approximate surface area is 153 Å². The van der Waals surface area contributed by atoms with Gasteiger partial charge in [-0.25, -0.2) is 4.39 Å². The van der Waals surface area contributed by atoms with Crippen molar-refractivity contribution in [2.24, 2.45) is 0 Å². The maximum absolute atomic E-state index is 13.3. The molecule has 0 spiro atoms. The van der Waals surface area contributed by atoms with Crippen LogP contribution in [0.1, 0.15) is 11.6 Å². The van der Waals surface area contributed by atoms with E-state index in [-0.39, 0.29) is 24.9 Å². The molecule has 8 heteroatoms. The summed E-state index contributed by atoms with van der Waals surface area (Å²) in [6.45, 7) is 4.43. The van der Waals surface area contributed by atoms with Gasteiger partial charge in [-0.1, -0.05) is 12.1 Å². The minimum Gasteiger partial charge on any atom is -0.383 e. The van der Waals surface area contributed by atoms with Gasteiger partial charge in [0.25, 0.3) is 0 Å². The molecule has 2 rings (SSSR count). The van der Waals surface area contributed by atoms with E-state index in [2.05, 4.69) is 27.5 Å². The van der Waals surface area contributed by atoms with Crippen molar-refractivity contribution in [3.63, 3.8) is 0 Å². The van der Waals surface area contributed by atoms with E-state index in [9.17, 15) is 14.0 Å². The Morgan fingerprint density at radius 2 is 1.73 bits per heavy atom. The number of hydrogen-bond acceptors (Lipinski definition) is 5. The Morgan fingerprint density at radius 1 is 1.12 bits per heavy atom. The van der Waals surface area contributed by atoms with Gasteiger partial charge < -0.3 is 20.3 Å². The predicted octanol–water partition coefficient (Wildman–Crippen LogP) is -0.00700. The predicted molar refractivity (Wildman–Crippen MR) is 96.1 cm³/mol. The van der Waals surface area contributed by atoms with Gasteiger partial charge in [-0.15, -0.1) is 0 Å². The van der Waals surface area contributed by atoms with Gasteiger partial charge in [0.1, 0.15) is 5.82 Å². The van der Waals surface area contributed by atoms with Gasteiger partial charge in [-0.3, -0.25) is 14.5 Å². The van der Waals surface area contributed by atoms with Crippen LogP contribution in [-0.2, 0) is 14.3 Å². The highest BCUT2D eigenvalue weighted by atomic mass is 19.1. The highest BCUT2D eigenvalue weighted by Gasteiger charge is 2.25. The third-order valence-corrected chi connectivity index (χ3v) is 4.49. The molecule has 2 N–H and O–H groups in total. The standard InChI is InChI=1S/C18H27FN4O3/c1-22-8-10-23(11-9-22)16(14-3-5-15(19)6-4-14)13-21-18(25)17(24)20-7-12-26-2/h3-6,16H,7-13H2,1-2H3,(H,20,24)(H,21,25). The van der Waals surface area contributed by atoms with Crippen molar-refractivity contribution in [1.29, 1.82) is 0 Å². The molecular weight excluding hydrogens is 339 g/mol. The second-order valence-corrected chi connectivity index (χ2v) is 6.37. The highest BCUT2D eigenvalue weighted by Crippen LogP contribution is 2.22. The van der Waals surface area contributed by atoms with Crippen molar-refractivity contribution >= 4 is 11.8 Å². The molecule has 1 fully saturated rings. The zero-order valence-electron chi connectivity index (χ0n) is 15.3. The van der Waals surface area contributed by atoms with Crippen molar-refractivity contribution in [1.82, 2.24) is 20.4 Å². The lowest BCUT2D eigenvalue weighted by atomic mass is 10.0. The van der Waals surface area contributed by atoms with Crippen LogP contribution in [-0.4, -0.2) is 81.6 Å². The van der Waals surface area contributed by atoms with Crippen molar-refractivity contribution < 1.29 is 18.7 Å². The molecule has 1 heterocycles. The molecule has 7 nitrogen and oxygen atoms in total. The lowest BCUT2D eigenvalue weighted by Crippen LogP contribution is -2.50. The SMILES string of the molecule is COCCNC(=O)C(=O)NCC(c1ccc(F)cc1)N1CCN(C)CC1. The molecule has 2 amide bonds. The number of methoxy groups -OCH3 is 1. The second-order valence-electron chi connectivity index (χ2n) is 6.37. The van der Waals surface area contributed by atoms with Gasteiger partial charge in [-0.2, -0.15) is 0 Å². The first-order valence-corrected chi connectivity index (χ1v) is 8.74. The van der Waals surface area contributed by atoms with Crippen molar-refractivity contribution in [3.05, 3.63) is 35.6 Å². The minimum absolute atomic E-state index is 0.111. The van der Waals surface area contributed by atoms with E-state index in [1.165, 1.54) is 19.2 Å². The van der Waals surface area contributed by atoms with Crippen LogP contribution >= 0.6 is 0 Å². The molecule has 1 saturated heterocycles. The fraction of sp³-hybridized carbons (Fsp3) is 0.556. The molecular formula is C18H27FN4O3. The number of carbonyl (C=O) groups excluding carboxylic acids is 2. The van der Waals surface area contributed by atoms with Crippen LogP contribution in [0.15, 0.2) is 24.3 Å². The van der Waals surface area contributed by atoms with E-state index in [1.807, 2.05) is 0 Å². The maximum atomic E-state index is 13.3. The summed E-state index contributed by atoms with van der Waals surface area (Å²) < 4.78 is 18.1. The van der Waals surface area contributed by atoms with Gasteiger partial charge in [0.05, 0.1) is 12.6 Å². The van der Waals surface area contributed by atoms with Crippen LogP contribution in [0, 0.1) is 5.82 Å². The molecule has 1 aromatic carbocycles. The van der Waals surface area contributed by atoms with Crippen LogP contribution in [0.5, 0.6) is 0 Å². The average Bonchev–Trinajstić information content (AvgIpc) is 2.64. The normalized spacial score (nSPS) is 16.9. The molecule has 1 atom stereocenters. The van der Waals surface area contributed by atoms with E-state index in [0.717, 1.165) is 31.7 Å². The minimum atomic E-state index is -0.682. The summed E-state index contributed by atoms with van der Waals surface area (Å²) in [7, 11) is 3.59. The van der Waals surface area contributed by atoms with Crippen molar-refractivity contribution in [3.8, 4) is 0 Å². The van der Waals surface area contributed by atoms with E-state index in [0.29, 0.717) is 6.61 Å². The smallest absolute Gasteiger partial charge is 0.309 e. The van der Waals surface area contributed by atoms with Gasteiger partial charge in [0.2, 0.25) is 0 Å². The summed E-state index contributed by atoms with van der Waals surface area (Å²) in [6.07, 6.45) is 0. The molecule has 0 aromatic heterocycles. The number of nitrogens with one attached hydrogen (secondary N) is 2. The number of carbonyl (C=O) groups is 2. The fourth-order valence-corrected chi connectivity index (χ4v) is 2.89. The Kier molecular flexibility index (Phi) is 7.96. The number of piperazine rings is 1. The van der Waals surface area contributed by atoms with Crippen molar-refractivity contribution in [2.45, 2.75) is 6.04 Å². The third-order valence-electron chi connectivity index (χ3n) is 4.49. The molecule has 26 heavy (non-hydrogen) atoms. The van der Waals surface area contributed by atoms with E-state index in [1.54, 1.807) is 12.1 Å². The molecule has 0 radical (unpaired) electrons. The largest absolute Gasteiger partial charge is 0.383 e. The average molecular weight is 366 g/mol. The number of hydrogen-bond donors (Lipinski definition) is 2. The molecule has 1 aliphatic heterocycles. The van der Waals surface area contributed by atoms with Gasteiger partial charge in [-0.05, 0) is 24.7 Å². The zero-order chi connectivity index (χ0) is 18.9. The van der Waals surface area contributed by atoms with Crippen LogP contribution in [0.4, 0.5) is 4.39 Å². The summed E-state index contributed by atoms with van der Waals surface area (Å²) in [4.78, 5) is 28.3. The summed E-state index contributed by atoms with van der Waals surface area (Å²) >= 11 is 0. The number of nitrogens with zero attached hydrogens (tertiary/aromatic N) is 2. The number of rotatable bonds is 7. The van der Waals surface area contributed by atoms with E-state index >= 15 is 0 Å². The van der Waals surface area contributed by atoms with Crippen LogP contribution < -0.4 is 10.6 Å². The lowest BCUT2D eigenvalue weighted by molar-refractivity contribution is -0.139. The Hall–Kier alpha value is -2.03. The topological polar surface area (TPSA) is 73.9 Å². The fourth-order valence-electron chi connectivity index (χ4n) is 2.89. The number of ether oxygens (including phenoxy) is 1. The quantitative estimate of drug-likeness (QED) is 0.525. The van der Waals surface area contributed by atoms with E-state index < -0.39 is 11.8 Å². The third kappa shape index (κ3) is 6.05. The first-order valence-electron chi connectivity index (χ1n) is 8.74. The molecule has 0 saturated carbocycles. The van der Waals surface area contributed by atoms with Gasteiger partial charge >= 0.3 is 11.8 Å². The number of amides is 2. The summed E-state index contributed by atoms with van der Waals surface area (Å²) in [5, 5.41) is 5.18. The Bertz CT molecular complexity index is 589. The summed E-state index contributed by atoms with van der Waals surface area (Å²) in [5.74, 6) is -1.66. The monoisotopic (exact) mass is 366 g/mol. The first-order chi connectivity index (χ1) is 12.5. The van der Waals surface area contributed by atoms with Crippen LogP contribution in [0.3, 0.4) is 0 Å². The first kappa shape index (κ1) is 20.3. The zero-order valence-corrected chi connectivity index (χ0v) is 15.3. The number of likely N-dealkylation sites (N-methyl/N-ethyl adjacent to an activating group) is 1. The number of benzene rings is 1. The van der Waals surface area contributed by atoms with Gasteiger partial charge in [0, 0.05) is 46.4 Å². The molecule has 1 aromatic rings. The highest BCUT2D eigenvalue weighted by molar-refractivity contribution is 6.35. The molecule has 0 aliphatic carbocycles.